The van der Waals surface area contributed by atoms with Crippen LogP contribution in [0.1, 0.15) is 36.5 Å². The first-order valence-electron chi connectivity index (χ1n) is 15.0. The van der Waals surface area contributed by atoms with Gasteiger partial charge < -0.3 is 15.1 Å². The first-order valence-corrected chi connectivity index (χ1v) is 16.1. The van der Waals surface area contributed by atoms with Crippen molar-refractivity contribution in [2.75, 3.05) is 71.7 Å². The van der Waals surface area contributed by atoms with E-state index < -0.39 is 0 Å². The highest BCUT2D eigenvalue weighted by Gasteiger charge is 2.36. The monoisotopic (exact) mass is 590 g/mol. The summed E-state index contributed by atoms with van der Waals surface area (Å²) >= 11 is 8.34. The third-order valence-corrected chi connectivity index (χ3v) is 10.5. The summed E-state index contributed by atoms with van der Waals surface area (Å²) in [7, 11) is 2.23. The van der Waals surface area contributed by atoms with Crippen molar-refractivity contribution in [1.82, 2.24) is 19.8 Å². The number of rotatable bonds is 6. The van der Waals surface area contributed by atoms with Crippen LogP contribution in [0.3, 0.4) is 0 Å². The van der Waals surface area contributed by atoms with Gasteiger partial charge in [-0.25, -0.2) is 9.29 Å². The Balaban J connectivity index is 1.08. The second-order valence-corrected chi connectivity index (χ2v) is 13.1. The normalized spacial score (nSPS) is 19.8. The van der Waals surface area contributed by atoms with Crippen LogP contribution >= 0.6 is 23.7 Å². The molecule has 10 heteroatoms. The molecule has 3 aromatic rings. The molecule has 0 unspecified atom stereocenters. The second-order valence-electron chi connectivity index (χ2n) is 11.7. The summed E-state index contributed by atoms with van der Waals surface area (Å²) in [6, 6.07) is 11.8. The maximum absolute atomic E-state index is 6.67. The molecule has 0 bridgehead atoms. The maximum Gasteiger partial charge on any atom is 0.229 e. The van der Waals surface area contributed by atoms with Crippen LogP contribution < -0.4 is 18.8 Å². The predicted molar refractivity (Wildman–Crippen MR) is 172 cm³/mol. The van der Waals surface area contributed by atoms with Crippen LogP contribution in [0.2, 0.25) is 5.02 Å². The van der Waals surface area contributed by atoms with E-state index in [4.69, 9.17) is 16.6 Å². The van der Waals surface area contributed by atoms with E-state index in [-0.39, 0.29) is 0 Å². The van der Waals surface area contributed by atoms with Gasteiger partial charge >= 0.3 is 0 Å². The molecule has 1 N–H and O–H groups in total. The topological polar surface area (TPSA) is 54.0 Å². The number of likely N-dealkylation sites (N-methyl/N-ethyl adjacent to an activating group) is 1. The van der Waals surface area contributed by atoms with Crippen LogP contribution in [0.4, 0.5) is 34.5 Å². The number of halogens is 1. The molecule has 5 heterocycles. The van der Waals surface area contributed by atoms with Gasteiger partial charge in [-0.3, -0.25) is 9.21 Å². The lowest BCUT2D eigenvalue weighted by atomic mass is 9.99. The molecule has 0 aliphatic carbocycles. The number of para-hydroxylation sites is 1. The molecule has 216 valence electrons. The number of piperazine rings is 1. The average Bonchev–Trinajstić information content (AvgIpc) is 3.58. The number of hydrogen-bond donors (Lipinski definition) is 1. The molecule has 2 aromatic carbocycles. The van der Waals surface area contributed by atoms with E-state index in [0.717, 1.165) is 49.9 Å². The van der Waals surface area contributed by atoms with Crippen LogP contribution in [0.15, 0.2) is 36.5 Å². The largest absolute Gasteiger partial charge is 0.371 e. The van der Waals surface area contributed by atoms with Crippen molar-refractivity contribution in [3.05, 3.63) is 58.2 Å². The van der Waals surface area contributed by atoms with Crippen molar-refractivity contribution in [3.63, 3.8) is 0 Å². The third kappa shape index (κ3) is 5.11. The first kappa shape index (κ1) is 27.1. The zero-order valence-corrected chi connectivity index (χ0v) is 25.8. The fourth-order valence-corrected chi connectivity index (χ4v) is 8.11. The van der Waals surface area contributed by atoms with Crippen LogP contribution in [0.5, 0.6) is 0 Å². The van der Waals surface area contributed by atoms with E-state index in [1.54, 1.807) is 18.3 Å². The summed E-state index contributed by atoms with van der Waals surface area (Å²) in [5.74, 6) is 1.28. The lowest BCUT2D eigenvalue weighted by Gasteiger charge is -2.43. The van der Waals surface area contributed by atoms with Crippen LogP contribution in [-0.4, -0.2) is 78.7 Å². The van der Waals surface area contributed by atoms with E-state index in [1.165, 1.54) is 67.1 Å². The van der Waals surface area contributed by atoms with Crippen molar-refractivity contribution in [3.8, 4) is 0 Å². The SMILES string of the molecule is CCc1cc(N2CCC(N3CCN(C)CC3)CC2)c(C)cc1Nc1ncc(Cl)c(N2SN3CCc4cccc2c43)n1. The Morgan fingerprint density at radius 2 is 1.83 bits per heavy atom. The Morgan fingerprint density at radius 1 is 1.02 bits per heavy atom. The number of aromatic nitrogens is 2. The zero-order valence-electron chi connectivity index (χ0n) is 24.2. The van der Waals surface area contributed by atoms with Gasteiger partial charge in [0.15, 0.2) is 5.82 Å². The van der Waals surface area contributed by atoms with E-state index in [1.807, 2.05) is 0 Å². The summed E-state index contributed by atoms with van der Waals surface area (Å²) < 4.78 is 4.47. The Kier molecular flexibility index (Phi) is 7.39. The van der Waals surface area contributed by atoms with Gasteiger partial charge in [0, 0.05) is 63.2 Å². The van der Waals surface area contributed by atoms with Crippen molar-refractivity contribution < 1.29 is 0 Å². The number of piperidine rings is 1. The molecule has 4 aliphatic rings. The van der Waals surface area contributed by atoms with Crippen molar-refractivity contribution >= 4 is 58.3 Å². The Labute approximate surface area is 252 Å². The average molecular weight is 591 g/mol. The molecule has 0 saturated carbocycles. The minimum absolute atomic E-state index is 0.545. The Hall–Kier alpha value is -2.72. The van der Waals surface area contributed by atoms with Gasteiger partial charge in [-0.05, 0) is 74.5 Å². The number of hydrogen-bond acceptors (Lipinski definition) is 9. The molecule has 8 nitrogen and oxygen atoms in total. The van der Waals surface area contributed by atoms with E-state index in [9.17, 15) is 0 Å². The Bertz CT molecular complexity index is 1430. The van der Waals surface area contributed by atoms with Gasteiger partial charge in [-0.15, -0.1) is 0 Å². The highest BCUT2D eigenvalue weighted by Crippen LogP contribution is 2.53. The summed E-state index contributed by atoms with van der Waals surface area (Å²) in [6.07, 6.45) is 6.20. The van der Waals surface area contributed by atoms with E-state index in [0.29, 0.717) is 16.8 Å². The molecule has 0 spiro atoms. The molecule has 2 saturated heterocycles. The molecule has 0 radical (unpaired) electrons. The van der Waals surface area contributed by atoms with Crippen molar-refractivity contribution in [1.29, 1.82) is 0 Å². The molecule has 2 fully saturated rings. The summed E-state index contributed by atoms with van der Waals surface area (Å²) in [6.45, 7) is 12.5. The molecule has 7 rings (SSSR count). The van der Waals surface area contributed by atoms with Crippen molar-refractivity contribution in [2.45, 2.75) is 45.6 Å². The number of benzene rings is 2. The number of nitrogens with one attached hydrogen (secondary N) is 1. The van der Waals surface area contributed by atoms with E-state index in [2.05, 4.69) is 84.8 Å². The predicted octanol–water partition coefficient (Wildman–Crippen LogP) is 6.04. The number of nitrogens with zero attached hydrogens (tertiary/aromatic N) is 7. The number of anilines is 6. The molecular weight excluding hydrogens is 552 g/mol. The lowest BCUT2D eigenvalue weighted by Crippen LogP contribution is -2.52. The maximum atomic E-state index is 6.67. The van der Waals surface area contributed by atoms with Crippen LogP contribution in [0, 0.1) is 6.92 Å². The third-order valence-electron chi connectivity index (χ3n) is 9.16. The van der Waals surface area contributed by atoms with Gasteiger partial charge in [0.05, 0.1) is 29.7 Å². The highest BCUT2D eigenvalue weighted by molar-refractivity contribution is 8.02. The van der Waals surface area contributed by atoms with Gasteiger partial charge in [-0.2, -0.15) is 4.98 Å². The van der Waals surface area contributed by atoms with Gasteiger partial charge in [0.25, 0.3) is 0 Å². The minimum Gasteiger partial charge on any atom is -0.371 e. The molecule has 0 amide bonds. The smallest absolute Gasteiger partial charge is 0.229 e. The molecule has 0 atom stereocenters. The van der Waals surface area contributed by atoms with Gasteiger partial charge in [0.1, 0.15) is 5.02 Å². The van der Waals surface area contributed by atoms with E-state index >= 15 is 0 Å². The molecular formula is C31H39ClN8S. The van der Waals surface area contributed by atoms with Gasteiger partial charge in [-0.1, -0.05) is 30.7 Å². The van der Waals surface area contributed by atoms with Gasteiger partial charge in [0.2, 0.25) is 5.95 Å². The fourth-order valence-electron chi connectivity index (χ4n) is 6.77. The van der Waals surface area contributed by atoms with Crippen molar-refractivity contribution in [2.24, 2.45) is 0 Å². The summed E-state index contributed by atoms with van der Waals surface area (Å²) in [5, 5.41) is 4.09. The second kappa shape index (κ2) is 11.2. The molecule has 4 aliphatic heterocycles. The first-order chi connectivity index (χ1) is 20.0. The van der Waals surface area contributed by atoms with Crippen LogP contribution in [-0.2, 0) is 12.8 Å². The Morgan fingerprint density at radius 3 is 2.61 bits per heavy atom. The standard InChI is InChI=1S/C31H39ClN8S/c1-4-22-19-28(38-11-9-24(10-12-38)37-16-14-36(3)15-17-37)21(2)18-26(22)34-31-33-20-25(32)30(35-31)40-27-7-5-6-23-8-13-39(41-40)29(23)27/h5-7,18-20,24H,4,8-17H2,1-3H3,(H,33,34,35). The molecule has 41 heavy (non-hydrogen) atoms. The highest BCUT2D eigenvalue weighted by atomic mass is 35.5. The lowest BCUT2D eigenvalue weighted by molar-refractivity contribution is 0.0982. The summed E-state index contributed by atoms with van der Waals surface area (Å²) in [5.41, 5.74) is 8.79. The quantitative estimate of drug-likeness (QED) is 0.346. The zero-order chi connectivity index (χ0) is 28.1. The summed E-state index contributed by atoms with van der Waals surface area (Å²) in [4.78, 5) is 17.2. The number of aryl methyl sites for hydroxylation is 2. The molecule has 1 aromatic heterocycles. The fraction of sp³-hybridized carbons (Fsp3) is 0.484. The van der Waals surface area contributed by atoms with Crippen LogP contribution in [0.25, 0.3) is 0 Å². The minimum atomic E-state index is 0.545.